The maximum atomic E-state index is 7.23. The van der Waals surface area contributed by atoms with E-state index in [1.807, 2.05) is 48.7 Å². The van der Waals surface area contributed by atoms with Crippen molar-refractivity contribution in [3.8, 4) is 22.5 Å². The van der Waals surface area contributed by atoms with Gasteiger partial charge in [0.15, 0.2) is 0 Å². The quantitative estimate of drug-likeness (QED) is 0.170. The van der Waals surface area contributed by atoms with Gasteiger partial charge in [0.1, 0.15) is 5.58 Å². The Balaban J connectivity index is 0.000000202. The maximum Gasteiger partial charge on any atom is 0.120 e. The van der Waals surface area contributed by atoms with Gasteiger partial charge in [0.25, 0.3) is 0 Å². The average Bonchev–Trinajstić information content (AvgIpc) is 3.44. The summed E-state index contributed by atoms with van der Waals surface area (Å²) in [7, 11) is 0. The van der Waals surface area contributed by atoms with Gasteiger partial charge in [-0.2, -0.15) is 0 Å². The minimum absolute atomic E-state index is 0. The van der Waals surface area contributed by atoms with Crippen LogP contribution in [0.2, 0.25) is 0 Å². The van der Waals surface area contributed by atoms with Crippen LogP contribution in [-0.2, 0) is 25.5 Å². The average molecular weight is 726 g/mol. The smallest absolute Gasteiger partial charge is 0.120 e. The fourth-order valence-electron chi connectivity index (χ4n) is 4.91. The van der Waals surface area contributed by atoms with E-state index in [1.54, 1.807) is 18.2 Å². The largest absolute Gasteiger partial charge is 0.500 e. The van der Waals surface area contributed by atoms with Gasteiger partial charge >= 0.3 is 0 Å². The molecule has 0 spiro atoms. The van der Waals surface area contributed by atoms with Crippen molar-refractivity contribution < 1.29 is 28.6 Å². The second kappa shape index (κ2) is 12.6. The van der Waals surface area contributed by atoms with Gasteiger partial charge in [0.05, 0.1) is 5.58 Å². The summed E-state index contributed by atoms with van der Waals surface area (Å²) < 4.78 is 27.6. The molecule has 4 aromatic carbocycles. The summed E-state index contributed by atoms with van der Waals surface area (Å²) in [4.78, 5) is 8.75. The van der Waals surface area contributed by atoms with Gasteiger partial charge in [-0.15, -0.1) is 59.7 Å². The first kappa shape index (κ1) is 25.3. The van der Waals surface area contributed by atoms with Crippen LogP contribution >= 0.6 is 0 Å². The van der Waals surface area contributed by atoms with Crippen LogP contribution in [0.3, 0.4) is 0 Å². The topological polar surface area (TPSA) is 38.9 Å². The monoisotopic (exact) mass is 726 g/mol. The Morgan fingerprint density at radius 1 is 0.690 bits per heavy atom. The number of para-hydroxylation sites is 1. The number of hydrogen-bond acceptors (Lipinski definition) is 3. The molecule has 0 aliphatic heterocycles. The number of rotatable bonds is 4. The van der Waals surface area contributed by atoms with E-state index in [4.69, 9.17) is 8.53 Å². The molecule has 0 aliphatic rings. The van der Waals surface area contributed by atoms with Crippen molar-refractivity contribution in [2.24, 2.45) is 0 Å². The summed E-state index contributed by atoms with van der Waals surface area (Å²) in [6.07, 6.45) is 3.28. The van der Waals surface area contributed by atoms with Crippen LogP contribution in [0.15, 0.2) is 132 Å². The molecule has 0 atom stereocenters. The molecule has 0 unspecified atom stereocenters. The zero-order chi connectivity index (χ0) is 30.7. The van der Waals surface area contributed by atoms with E-state index in [-0.39, 0.29) is 31.1 Å². The Hall–Kier alpha value is -4.37. The molecule has 0 aliphatic carbocycles. The molecular weight excluding hydrogens is 693 g/mol. The summed E-state index contributed by atoms with van der Waals surface area (Å²) in [5, 5.41) is 2.22. The number of pyridine rings is 2. The van der Waals surface area contributed by atoms with Gasteiger partial charge in [-0.05, 0) is 47.1 Å². The van der Waals surface area contributed by atoms with Crippen molar-refractivity contribution in [3.05, 3.63) is 156 Å². The first-order valence-corrected chi connectivity index (χ1v) is 13.5. The third-order valence-corrected chi connectivity index (χ3v) is 7.31. The predicted molar refractivity (Wildman–Crippen MR) is 168 cm³/mol. The maximum absolute atomic E-state index is 7.23. The fraction of sp³-hybridized carbons (Fsp3) is 0.105. The predicted octanol–water partition coefficient (Wildman–Crippen LogP) is 9.63. The number of benzene rings is 4. The molecule has 0 saturated heterocycles. The first-order valence-electron chi connectivity index (χ1n) is 15.0. The molecule has 1 radical (unpaired) electrons. The van der Waals surface area contributed by atoms with Gasteiger partial charge in [0.2, 0.25) is 0 Å². The van der Waals surface area contributed by atoms with Crippen LogP contribution < -0.4 is 0 Å². The summed E-state index contributed by atoms with van der Waals surface area (Å²) in [6.45, 7) is 2.40. The van der Waals surface area contributed by atoms with Crippen molar-refractivity contribution in [2.75, 3.05) is 0 Å². The van der Waals surface area contributed by atoms with E-state index in [9.17, 15) is 0 Å². The van der Waals surface area contributed by atoms with Crippen molar-refractivity contribution in [1.82, 2.24) is 9.97 Å². The zero-order valence-electron chi connectivity index (χ0n) is 26.3. The normalized spacial score (nSPS) is 12.4. The van der Waals surface area contributed by atoms with Gasteiger partial charge in [-0.3, -0.25) is 0 Å². The Morgan fingerprint density at radius 3 is 2.26 bits per heavy atom. The fourth-order valence-corrected chi connectivity index (χ4v) is 4.91. The Kier molecular flexibility index (Phi) is 7.63. The minimum atomic E-state index is -2.09. The molecule has 7 rings (SSSR count). The summed E-state index contributed by atoms with van der Waals surface area (Å²) >= 11 is 0. The summed E-state index contributed by atoms with van der Waals surface area (Å²) in [6, 6.07) is 44.1. The number of aryl methyl sites for hydroxylation is 1. The molecule has 42 heavy (non-hydrogen) atoms. The number of aromatic nitrogens is 2. The molecule has 3 aromatic heterocycles. The van der Waals surface area contributed by atoms with E-state index in [0.29, 0.717) is 0 Å². The molecule has 0 N–H and O–H groups in total. The second-order valence-corrected chi connectivity index (χ2v) is 10.4. The van der Waals surface area contributed by atoms with E-state index >= 15 is 0 Å². The van der Waals surface area contributed by atoms with Crippen LogP contribution in [0.1, 0.15) is 34.7 Å². The molecule has 3 nitrogen and oxygen atoms in total. The first-order chi connectivity index (χ1) is 21.2. The molecule has 0 saturated carbocycles. The van der Waals surface area contributed by atoms with Gasteiger partial charge in [-0.1, -0.05) is 86.0 Å². The molecule has 0 fully saturated rings. The van der Waals surface area contributed by atoms with Gasteiger partial charge < -0.3 is 14.4 Å². The molecule has 3 heterocycles. The molecular formula is C38H30IrN2O-2. The van der Waals surface area contributed by atoms with Gasteiger partial charge in [-0.25, -0.2) is 0 Å². The van der Waals surface area contributed by atoms with Crippen molar-refractivity contribution in [3.63, 3.8) is 0 Å². The van der Waals surface area contributed by atoms with Gasteiger partial charge in [0, 0.05) is 47.4 Å². The molecule has 7 aromatic rings. The molecule has 0 bridgehead atoms. The second-order valence-electron chi connectivity index (χ2n) is 10.4. The molecule has 0 amide bonds. The van der Waals surface area contributed by atoms with Crippen LogP contribution in [0.4, 0.5) is 0 Å². The summed E-state index contributed by atoms with van der Waals surface area (Å²) in [5.74, 6) is 0. The molecule has 4 heteroatoms. The van der Waals surface area contributed by atoms with E-state index in [0.717, 1.165) is 44.5 Å². The van der Waals surface area contributed by atoms with E-state index in [2.05, 4.69) is 90.5 Å². The Bertz CT molecular complexity index is 2020. The van der Waals surface area contributed by atoms with Crippen LogP contribution in [0, 0.1) is 19.0 Å². The minimum Gasteiger partial charge on any atom is -0.500 e. The van der Waals surface area contributed by atoms with E-state index < -0.39 is 6.85 Å². The Labute approximate surface area is 264 Å². The van der Waals surface area contributed by atoms with Crippen molar-refractivity contribution in [2.45, 2.75) is 26.1 Å². The number of nitrogens with zero attached hydrogens (tertiary/aromatic N) is 2. The number of furan rings is 1. The van der Waals surface area contributed by atoms with Crippen LogP contribution in [0.5, 0.6) is 0 Å². The Morgan fingerprint density at radius 2 is 1.50 bits per heavy atom. The van der Waals surface area contributed by atoms with Crippen LogP contribution in [0.25, 0.3) is 44.5 Å². The van der Waals surface area contributed by atoms with Crippen LogP contribution in [-0.4, -0.2) is 9.97 Å². The third-order valence-electron chi connectivity index (χ3n) is 7.31. The standard InChI is InChI=1S/C26H20NO.C12H10N.Ir/c1-26(2,19-8-4-3-5-9-19)20-14-15-27-23(17-20)18-12-13-25-22(16-18)21-10-6-7-11-24(21)28-25;1-10-7-8-12(13-9-10)11-5-3-2-4-6-11;/h3-11,13-17H,1-2H3;2-5,7-9H,1H3;/q2*-1;/i;1D3;. The SMILES string of the molecule is CC(C)(c1ccccc1)c1ccnc(-c2[c-]cc3oc4ccccc4c3c2)c1.[2H]C([2H])([2H])c1ccc(-c2[c-]cccc2)nc1.[Ir]. The zero-order valence-corrected chi connectivity index (χ0v) is 25.7. The number of hydrogen-bond donors (Lipinski definition) is 0. The molecule has 209 valence electrons. The summed E-state index contributed by atoms with van der Waals surface area (Å²) in [5.41, 5.74) is 7.91. The third kappa shape index (κ3) is 6.11. The van der Waals surface area contributed by atoms with Crippen molar-refractivity contribution in [1.29, 1.82) is 0 Å². The van der Waals surface area contributed by atoms with E-state index in [1.165, 1.54) is 17.3 Å². The number of fused-ring (bicyclic) bond motifs is 3. The van der Waals surface area contributed by atoms with Crippen molar-refractivity contribution >= 4 is 21.9 Å².